The number of thiazole rings is 2. The molecule has 0 aliphatic heterocycles. The summed E-state index contributed by atoms with van der Waals surface area (Å²) in [6.07, 6.45) is 0. The molecular weight excluding hydrogens is 372 g/mol. The fourth-order valence-electron chi connectivity index (χ4n) is 2.31. The third kappa shape index (κ3) is 4.59. The van der Waals surface area contributed by atoms with Crippen LogP contribution in [0.1, 0.15) is 26.8 Å². The molecule has 2 aromatic heterocycles. The minimum absolute atomic E-state index is 0.0460. The zero-order chi connectivity index (χ0) is 18.5. The summed E-state index contributed by atoms with van der Waals surface area (Å²) in [4.78, 5) is 28.0. The summed E-state index contributed by atoms with van der Waals surface area (Å²) in [5.74, 6) is 0.236. The van der Waals surface area contributed by atoms with Crippen molar-refractivity contribution in [2.24, 2.45) is 0 Å². The molecule has 3 aromatic rings. The van der Waals surface area contributed by atoms with Gasteiger partial charge < -0.3 is 9.47 Å². The van der Waals surface area contributed by atoms with Crippen LogP contribution in [0.2, 0.25) is 0 Å². The van der Waals surface area contributed by atoms with Crippen molar-refractivity contribution in [3.05, 3.63) is 66.7 Å². The molecule has 0 fully saturated rings. The van der Waals surface area contributed by atoms with E-state index in [4.69, 9.17) is 9.47 Å². The van der Waals surface area contributed by atoms with Crippen molar-refractivity contribution in [2.75, 3.05) is 6.61 Å². The van der Waals surface area contributed by atoms with E-state index < -0.39 is 5.97 Å². The number of aryl methyl sites for hydroxylation is 2. The van der Waals surface area contributed by atoms with E-state index in [0.29, 0.717) is 24.5 Å². The van der Waals surface area contributed by atoms with Gasteiger partial charge in [0.15, 0.2) is 0 Å². The van der Waals surface area contributed by atoms with Gasteiger partial charge in [0.25, 0.3) is 0 Å². The molecule has 0 atom stereocenters. The van der Waals surface area contributed by atoms with E-state index in [1.807, 2.05) is 19.2 Å². The summed E-state index contributed by atoms with van der Waals surface area (Å²) in [5.41, 5.74) is 2.19. The highest BCUT2D eigenvalue weighted by Crippen LogP contribution is 2.16. The van der Waals surface area contributed by atoms with Gasteiger partial charge in [0.05, 0.1) is 22.8 Å². The van der Waals surface area contributed by atoms with E-state index >= 15 is 0 Å². The molecule has 1 aromatic carbocycles. The fourth-order valence-corrected chi connectivity index (χ4v) is 3.67. The summed E-state index contributed by atoms with van der Waals surface area (Å²) in [7, 11) is 0. The Kier molecular flexibility index (Phi) is 5.85. The minimum atomic E-state index is -0.424. The number of carbonyl (C=O) groups excluding carboxylic acids is 1. The maximum Gasteiger partial charge on any atom is 0.338 e. The minimum Gasteiger partial charge on any atom is -0.487 e. The Labute approximate surface area is 158 Å². The van der Waals surface area contributed by atoms with Crippen molar-refractivity contribution >= 4 is 28.6 Å². The van der Waals surface area contributed by atoms with Gasteiger partial charge in [-0.2, -0.15) is 0 Å². The summed E-state index contributed by atoms with van der Waals surface area (Å²) < 4.78 is 12.5. The average Bonchev–Trinajstić information content (AvgIpc) is 3.20. The number of benzene rings is 1. The van der Waals surface area contributed by atoms with Crippen LogP contribution in [0.4, 0.5) is 0 Å². The van der Waals surface area contributed by atoms with Crippen molar-refractivity contribution in [2.45, 2.75) is 27.0 Å². The van der Waals surface area contributed by atoms with Crippen LogP contribution in [0.3, 0.4) is 0 Å². The number of esters is 1. The van der Waals surface area contributed by atoms with Crippen LogP contribution >= 0.6 is 22.7 Å². The van der Waals surface area contributed by atoms with Crippen LogP contribution in [0.5, 0.6) is 5.75 Å². The van der Waals surface area contributed by atoms with Gasteiger partial charge in [-0.05, 0) is 38.1 Å². The predicted octanol–water partition coefficient (Wildman–Crippen LogP) is 3.42. The number of aromatic nitrogens is 2. The lowest BCUT2D eigenvalue weighted by molar-refractivity contribution is 0.0490. The molecule has 136 valence electrons. The number of hydrogen-bond acceptors (Lipinski definition) is 7. The number of hydrogen-bond donors (Lipinski definition) is 0. The van der Waals surface area contributed by atoms with Crippen LogP contribution in [-0.4, -0.2) is 22.1 Å². The molecule has 3 rings (SSSR count). The smallest absolute Gasteiger partial charge is 0.338 e. The lowest BCUT2D eigenvalue weighted by atomic mass is 10.2. The van der Waals surface area contributed by atoms with Crippen LogP contribution in [0.15, 0.2) is 39.8 Å². The molecule has 0 unspecified atom stereocenters. The standard InChI is InChI=1S/C18H18N2O4S2/c1-12-10-26-18(22)20(12)7-8-23-17(21)14-3-5-16(6-4-14)24-9-15-11-25-13(2)19-15/h3-6,10-11H,7-9H2,1-2H3. The topological polar surface area (TPSA) is 70.4 Å². The second-order valence-corrected chi connectivity index (χ2v) is 7.48. The molecule has 0 spiro atoms. The fraction of sp³-hybridized carbons (Fsp3) is 0.278. The van der Waals surface area contributed by atoms with Crippen LogP contribution in [0, 0.1) is 13.8 Å². The highest BCUT2D eigenvalue weighted by molar-refractivity contribution is 7.09. The summed E-state index contributed by atoms with van der Waals surface area (Å²) in [6.45, 7) is 4.70. The highest BCUT2D eigenvalue weighted by Gasteiger charge is 2.09. The first kappa shape index (κ1) is 18.3. The Balaban J connectivity index is 1.49. The average molecular weight is 390 g/mol. The largest absolute Gasteiger partial charge is 0.487 e. The van der Waals surface area contributed by atoms with Gasteiger partial charge >= 0.3 is 10.8 Å². The van der Waals surface area contributed by atoms with E-state index in [2.05, 4.69) is 4.98 Å². The first-order chi connectivity index (χ1) is 12.5. The second kappa shape index (κ2) is 8.29. The van der Waals surface area contributed by atoms with E-state index in [1.165, 1.54) is 0 Å². The summed E-state index contributed by atoms with van der Waals surface area (Å²) in [6, 6.07) is 6.77. The molecule has 6 nitrogen and oxygen atoms in total. The van der Waals surface area contributed by atoms with Gasteiger partial charge in [0.2, 0.25) is 0 Å². The molecule has 26 heavy (non-hydrogen) atoms. The predicted molar refractivity (Wildman–Crippen MR) is 101 cm³/mol. The molecule has 0 N–H and O–H groups in total. The molecule has 2 heterocycles. The molecule has 0 amide bonds. The van der Waals surface area contributed by atoms with Crippen LogP contribution in [0.25, 0.3) is 0 Å². The Morgan fingerprint density at radius 1 is 1.15 bits per heavy atom. The Morgan fingerprint density at radius 2 is 1.92 bits per heavy atom. The van der Waals surface area contributed by atoms with Crippen molar-refractivity contribution < 1.29 is 14.3 Å². The van der Waals surface area contributed by atoms with Crippen molar-refractivity contribution in [1.82, 2.24) is 9.55 Å². The molecule has 8 heteroatoms. The summed E-state index contributed by atoms with van der Waals surface area (Å²) in [5, 5.41) is 4.75. The zero-order valence-corrected chi connectivity index (χ0v) is 16.1. The van der Waals surface area contributed by atoms with Gasteiger partial charge in [-0.15, -0.1) is 11.3 Å². The molecular formula is C18H18N2O4S2. The lowest BCUT2D eigenvalue weighted by Crippen LogP contribution is -2.19. The van der Waals surface area contributed by atoms with Gasteiger partial charge in [0.1, 0.15) is 19.0 Å². The van der Waals surface area contributed by atoms with E-state index in [-0.39, 0.29) is 11.5 Å². The third-order valence-electron chi connectivity index (χ3n) is 3.67. The first-order valence-electron chi connectivity index (χ1n) is 7.99. The molecule has 0 aliphatic carbocycles. The second-order valence-electron chi connectivity index (χ2n) is 5.60. The quantitative estimate of drug-likeness (QED) is 0.578. The van der Waals surface area contributed by atoms with Crippen molar-refractivity contribution in [3.8, 4) is 5.75 Å². The normalized spacial score (nSPS) is 10.7. The Morgan fingerprint density at radius 3 is 2.54 bits per heavy atom. The van der Waals surface area contributed by atoms with Gasteiger partial charge in [0, 0.05) is 16.5 Å². The molecule has 0 saturated carbocycles. The van der Waals surface area contributed by atoms with Gasteiger partial charge in [-0.1, -0.05) is 11.3 Å². The number of nitrogens with zero attached hydrogens (tertiary/aromatic N) is 2. The van der Waals surface area contributed by atoms with Gasteiger partial charge in [-0.3, -0.25) is 9.36 Å². The number of carbonyl (C=O) groups is 1. The maximum absolute atomic E-state index is 12.1. The molecule has 0 saturated heterocycles. The van der Waals surface area contributed by atoms with Gasteiger partial charge in [-0.25, -0.2) is 9.78 Å². The molecule has 0 aliphatic rings. The maximum atomic E-state index is 12.1. The van der Waals surface area contributed by atoms with E-state index in [9.17, 15) is 9.59 Å². The monoisotopic (exact) mass is 390 g/mol. The SMILES string of the molecule is Cc1nc(COc2ccc(C(=O)OCCn3c(C)csc3=O)cc2)cs1. The van der Waals surface area contributed by atoms with Crippen LogP contribution < -0.4 is 9.61 Å². The van der Waals surface area contributed by atoms with E-state index in [1.54, 1.807) is 45.5 Å². The van der Waals surface area contributed by atoms with Crippen molar-refractivity contribution in [3.63, 3.8) is 0 Å². The molecule has 0 radical (unpaired) electrons. The first-order valence-corrected chi connectivity index (χ1v) is 9.75. The Hall–Kier alpha value is -2.45. The highest BCUT2D eigenvalue weighted by atomic mass is 32.1. The third-order valence-corrected chi connectivity index (χ3v) is 5.37. The molecule has 0 bridgehead atoms. The lowest BCUT2D eigenvalue weighted by Gasteiger charge is -2.08. The van der Waals surface area contributed by atoms with Crippen LogP contribution in [-0.2, 0) is 17.9 Å². The number of rotatable bonds is 7. The Bertz CT molecular complexity index is 941. The van der Waals surface area contributed by atoms with Crippen molar-refractivity contribution in [1.29, 1.82) is 0 Å². The number of ether oxygens (including phenoxy) is 2. The van der Waals surface area contributed by atoms with E-state index in [0.717, 1.165) is 27.7 Å². The summed E-state index contributed by atoms with van der Waals surface area (Å²) >= 11 is 2.72. The zero-order valence-electron chi connectivity index (χ0n) is 14.4.